The van der Waals surface area contributed by atoms with Crippen LogP contribution in [0.1, 0.15) is 6.42 Å². The molecule has 1 aromatic heterocycles. The second kappa shape index (κ2) is 5.41. The monoisotopic (exact) mass is 279 g/mol. The number of nitrogens with one attached hydrogen (secondary N) is 1. The zero-order valence-corrected chi connectivity index (χ0v) is 10.8. The van der Waals surface area contributed by atoms with Crippen LogP contribution in [0.15, 0.2) is 30.5 Å². The number of hydrogen-bond acceptors (Lipinski definition) is 5. The highest BCUT2D eigenvalue weighted by Crippen LogP contribution is 2.29. The summed E-state index contributed by atoms with van der Waals surface area (Å²) in [5.41, 5.74) is 0.909. The van der Waals surface area contributed by atoms with E-state index in [1.165, 1.54) is 0 Å². The van der Waals surface area contributed by atoms with E-state index in [9.17, 15) is 10.2 Å². The van der Waals surface area contributed by atoms with Gasteiger partial charge >= 0.3 is 0 Å². The molecule has 6 nitrogen and oxygen atoms in total. The van der Waals surface area contributed by atoms with Gasteiger partial charge in [-0.2, -0.15) is 0 Å². The fourth-order valence-corrected chi connectivity index (χ4v) is 2.40. The van der Waals surface area contributed by atoms with E-state index in [1.54, 1.807) is 6.20 Å². The fraction of sp³-hybridized carbons (Fsp3) is 0.429. The third-order valence-electron chi connectivity index (χ3n) is 3.50. The molecule has 2 aromatic rings. The largest absolute Gasteiger partial charge is 0.460 e. The summed E-state index contributed by atoms with van der Waals surface area (Å²) < 4.78 is 11.1. The molecular formula is C14H17NO5. The first-order valence-corrected chi connectivity index (χ1v) is 6.54. The van der Waals surface area contributed by atoms with Crippen LogP contribution in [0.3, 0.4) is 0 Å². The summed E-state index contributed by atoms with van der Waals surface area (Å²) in [4.78, 5) is 3.05. The van der Waals surface area contributed by atoms with Crippen LogP contribution in [-0.4, -0.2) is 51.5 Å². The second-order valence-electron chi connectivity index (χ2n) is 4.92. The van der Waals surface area contributed by atoms with Crippen molar-refractivity contribution < 1.29 is 24.8 Å². The predicted molar refractivity (Wildman–Crippen MR) is 71.3 cm³/mol. The maximum atomic E-state index is 9.93. The van der Waals surface area contributed by atoms with E-state index < -0.39 is 24.6 Å². The molecule has 1 aliphatic rings. The number of aliphatic hydroxyl groups is 3. The summed E-state index contributed by atoms with van der Waals surface area (Å²) in [6.07, 6.45) is -1.80. The molecule has 3 rings (SSSR count). The highest BCUT2D eigenvalue weighted by atomic mass is 16.7. The van der Waals surface area contributed by atoms with E-state index in [-0.39, 0.29) is 13.0 Å². The lowest BCUT2D eigenvalue weighted by Crippen LogP contribution is -2.51. The normalized spacial score (nSPS) is 30.6. The molecule has 6 heteroatoms. The average molecular weight is 279 g/mol. The van der Waals surface area contributed by atoms with Crippen LogP contribution < -0.4 is 4.74 Å². The number of fused-ring (bicyclic) bond motifs is 1. The molecule has 108 valence electrons. The number of aromatic amines is 1. The van der Waals surface area contributed by atoms with Crippen molar-refractivity contribution in [3.05, 3.63) is 30.5 Å². The number of aromatic nitrogens is 1. The fourth-order valence-electron chi connectivity index (χ4n) is 2.40. The number of aliphatic hydroxyl groups excluding tert-OH is 3. The van der Waals surface area contributed by atoms with Gasteiger partial charge in [-0.05, 0) is 12.1 Å². The van der Waals surface area contributed by atoms with Crippen molar-refractivity contribution >= 4 is 10.9 Å². The van der Waals surface area contributed by atoms with Crippen molar-refractivity contribution in [3.63, 3.8) is 0 Å². The summed E-state index contributed by atoms with van der Waals surface area (Å²) >= 11 is 0. The van der Waals surface area contributed by atoms with Crippen molar-refractivity contribution in [1.29, 1.82) is 0 Å². The lowest BCUT2D eigenvalue weighted by molar-refractivity contribution is -0.240. The quantitative estimate of drug-likeness (QED) is 0.651. The number of H-pyrrole nitrogens is 1. The maximum absolute atomic E-state index is 9.93. The number of ether oxygens (including phenoxy) is 2. The topological polar surface area (TPSA) is 94.9 Å². The molecule has 0 radical (unpaired) electrons. The van der Waals surface area contributed by atoms with Crippen LogP contribution in [0, 0.1) is 0 Å². The smallest absolute Gasteiger partial charge is 0.229 e. The molecule has 0 amide bonds. The Morgan fingerprint density at radius 1 is 1.30 bits per heavy atom. The van der Waals surface area contributed by atoms with Crippen molar-refractivity contribution in [2.24, 2.45) is 0 Å². The molecule has 2 heterocycles. The van der Waals surface area contributed by atoms with Gasteiger partial charge in [-0.1, -0.05) is 12.1 Å². The molecule has 1 aromatic carbocycles. The van der Waals surface area contributed by atoms with E-state index in [1.807, 2.05) is 24.3 Å². The van der Waals surface area contributed by atoms with Crippen LogP contribution in [0.25, 0.3) is 10.9 Å². The van der Waals surface area contributed by atoms with Gasteiger partial charge in [0.1, 0.15) is 11.9 Å². The Morgan fingerprint density at radius 2 is 2.10 bits per heavy atom. The third-order valence-corrected chi connectivity index (χ3v) is 3.50. The van der Waals surface area contributed by atoms with Gasteiger partial charge < -0.3 is 29.8 Å². The lowest BCUT2D eigenvalue weighted by Gasteiger charge is -2.36. The SMILES string of the molecule is OC[C@@H]1CC(O)[C@@H](O)[C@H](Oc2c[nH]c3ccccc23)O1. The molecule has 0 saturated carbocycles. The Kier molecular flexibility index (Phi) is 3.62. The lowest BCUT2D eigenvalue weighted by atomic mass is 10.0. The first-order valence-electron chi connectivity index (χ1n) is 6.54. The molecule has 4 atom stereocenters. The van der Waals surface area contributed by atoms with Gasteiger partial charge in [0.15, 0.2) is 0 Å². The molecule has 0 spiro atoms. The van der Waals surface area contributed by atoms with E-state index in [0.29, 0.717) is 5.75 Å². The van der Waals surface area contributed by atoms with Crippen LogP contribution in [0.2, 0.25) is 0 Å². The Morgan fingerprint density at radius 3 is 2.90 bits per heavy atom. The minimum Gasteiger partial charge on any atom is -0.460 e. The van der Waals surface area contributed by atoms with E-state index in [2.05, 4.69) is 4.98 Å². The standard InChI is InChI=1S/C14H17NO5/c16-7-8-5-11(17)13(18)14(19-8)20-12-6-15-10-4-2-1-3-9(10)12/h1-4,6,8,11,13-18H,5,7H2/t8-,11?,13+,14-/m0/s1. The van der Waals surface area contributed by atoms with Gasteiger partial charge in [0.25, 0.3) is 0 Å². The van der Waals surface area contributed by atoms with E-state index in [4.69, 9.17) is 14.6 Å². The molecule has 1 aliphatic heterocycles. The van der Waals surface area contributed by atoms with Gasteiger partial charge in [-0.15, -0.1) is 0 Å². The van der Waals surface area contributed by atoms with E-state index >= 15 is 0 Å². The van der Waals surface area contributed by atoms with Crippen molar-refractivity contribution in [2.45, 2.75) is 31.0 Å². The number of rotatable bonds is 3. The molecule has 0 aliphatic carbocycles. The zero-order valence-electron chi connectivity index (χ0n) is 10.8. The number of hydrogen-bond donors (Lipinski definition) is 4. The van der Waals surface area contributed by atoms with Crippen LogP contribution in [0.4, 0.5) is 0 Å². The molecule has 20 heavy (non-hydrogen) atoms. The molecular weight excluding hydrogens is 262 g/mol. The van der Waals surface area contributed by atoms with Crippen molar-refractivity contribution in [3.8, 4) is 5.75 Å². The summed E-state index contributed by atoms with van der Waals surface area (Å²) in [6, 6.07) is 7.58. The van der Waals surface area contributed by atoms with Gasteiger partial charge in [0, 0.05) is 23.5 Å². The summed E-state index contributed by atoms with van der Waals surface area (Å²) in [6.45, 7) is -0.225. The molecule has 1 fully saturated rings. The molecule has 1 unspecified atom stereocenters. The number of para-hydroxylation sites is 1. The third kappa shape index (κ3) is 2.38. The highest BCUT2D eigenvalue weighted by molar-refractivity contribution is 5.85. The highest BCUT2D eigenvalue weighted by Gasteiger charge is 2.38. The van der Waals surface area contributed by atoms with Gasteiger partial charge in [0.2, 0.25) is 6.29 Å². The minimum atomic E-state index is -1.15. The Bertz CT molecular complexity index is 584. The van der Waals surface area contributed by atoms with Crippen molar-refractivity contribution in [1.82, 2.24) is 4.98 Å². The van der Waals surface area contributed by atoms with E-state index in [0.717, 1.165) is 10.9 Å². The van der Waals surface area contributed by atoms with Crippen LogP contribution >= 0.6 is 0 Å². The Labute approximate surface area is 115 Å². The predicted octanol–water partition coefficient (Wildman–Crippen LogP) is 0.376. The second-order valence-corrected chi connectivity index (χ2v) is 4.92. The summed E-state index contributed by atoms with van der Waals surface area (Å²) in [5.74, 6) is 0.537. The minimum absolute atomic E-state index is 0.186. The molecule has 0 bridgehead atoms. The first-order chi connectivity index (χ1) is 9.69. The summed E-state index contributed by atoms with van der Waals surface area (Å²) in [5, 5.41) is 29.7. The van der Waals surface area contributed by atoms with Crippen molar-refractivity contribution in [2.75, 3.05) is 6.61 Å². The Balaban J connectivity index is 1.82. The first kappa shape index (κ1) is 13.4. The number of benzene rings is 1. The van der Waals surface area contributed by atoms with Crippen LogP contribution in [0.5, 0.6) is 5.75 Å². The summed E-state index contributed by atoms with van der Waals surface area (Å²) in [7, 11) is 0. The van der Waals surface area contributed by atoms with Gasteiger partial charge in [-0.3, -0.25) is 0 Å². The van der Waals surface area contributed by atoms with Crippen LogP contribution in [-0.2, 0) is 4.74 Å². The van der Waals surface area contributed by atoms with Gasteiger partial charge in [-0.25, -0.2) is 0 Å². The Hall–Kier alpha value is -1.60. The average Bonchev–Trinajstić information content (AvgIpc) is 2.87. The molecule has 4 N–H and O–H groups in total. The molecule has 1 saturated heterocycles. The van der Waals surface area contributed by atoms with Gasteiger partial charge in [0.05, 0.1) is 18.8 Å². The maximum Gasteiger partial charge on any atom is 0.229 e. The zero-order chi connectivity index (χ0) is 14.1.